The van der Waals surface area contributed by atoms with Crippen LogP contribution in [0.5, 0.6) is 0 Å². The van der Waals surface area contributed by atoms with E-state index in [4.69, 9.17) is 23.8 Å². The number of nitrogens with zero attached hydrogens (tertiary/aromatic N) is 3. The third-order valence-electron chi connectivity index (χ3n) is 4.35. The summed E-state index contributed by atoms with van der Waals surface area (Å²) in [5.41, 5.74) is 8.86. The molecule has 3 rings (SSSR count). The zero-order valence-electron chi connectivity index (χ0n) is 15.7. The number of halogens is 1. The normalized spacial score (nSPS) is 17.8. The maximum atomic E-state index is 6.02. The molecule has 0 saturated carbocycles. The van der Waals surface area contributed by atoms with Crippen LogP contribution in [0.25, 0.3) is 0 Å². The fourth-order valence-electron chi connectivity index (χ4n) is 2.92. The molecule has 1 aliphatic heterocycles. The van der Waals surface area contributed by atoms with Crippen molar-refractivity contribution in [3.8, 4) is 0 Å². The molecule has 0 spiro atoms. The fourth-order valence-corrected chi connectivity index (χ4v) is 3.42. The fraction of sp³-hybridized carbons (Fsp3) is 0.250. The standard InChI is InChI=1S/C20H22ClN5S/c1-12-8-9-18(13(2)10-12)22-20(27)26-15(4)19(14(3)25-26)24-23-17-7-5-6-16(21)11-17/h5-11,15,23H,1-4H3,(H,22,27)/b24-19+. The number of rotatable bonds is 3. The van der Waals surface area contributed by atoms with Crippen LogP contribution in [0.3, 0.4) is 0 Å². The van der Waals surface area contributed by atoms with Gasteiger partial charge in [0.15, 0.2) is 5.11 Å². The number of benzene rings is 2. The molecule has 27 heavy (non-hydrogen) atoms. The molecule has 0 bridgehead atoms. The Kier molecular flexibility index (Phi) is 5.77. The predicted molar refractivity (Wildman–Crippen MR) is 119 cm³/mol. The van der Waals surface area contributed by atoms with E-state index in [0.29, 0.717) is 10.1 Å². The average molecular weight is 400 g/mol. The minimum Gasteiger partial charge on any atom is -0.331 e. The van der Waals surface area contributed by atoms with Crippen molar-refractivity contribution in [2.75, 3.05) is 10.7 Å². The van der Waals surface area contributed by atoms with E-state index >= 15 is 0 Å². The summed E-state index contributed by atoms with van der Waals surface area (Å²) in [6.45, 7) is 8.08. The summed E-state index contributed by atoms with van der Waals surface area (Å²) in [5, 5.41) is 15.4. The monoisotopic (exact) mass is 399 g/mol. The van der Waals surface area contributed by atoms with Crippen LogP contribution in [0, 0.1) is 13.8 Å². The molecule has 7 heteroatoms. The first-order valence-electron chi connectivity index (χ1n) is 8.67. The van der Waals surface area contributed by atoms with Crippen LogP contribution in [-0.4, -0.2) is 27.6 Å². The summed E-state index contributed by atoms with van der Waals surface area (Å²) in [5.74, 6) is 0. The first kappa shape index (κ1) is 19.3. The summed E-state index contributed by atoms with van der Waals surface area (Å²) in [6.07, 6.45) is 0. The minimum atomic E-state index is -0.0811. The van der Waals surface area contributed by atoms with Crippen LogP contribution in [0.4, 0.5) is 11.4 Å². The van der Waals surface area contributed by atoms with Gasteiger partial charge in [0.2, 0.25) is 0 Å². The molecule has 0 aliphatic carbocycles. The second kappa shape index (κ2) is 8.06. The second-order valence-corrected chi connectivity index (χ2v) is 7.40. The molecule has 2 N–H and O–H groups in total. The van der Waals surface area contributed by atoms with E-state index in [0.717, 1.165) is 28.4 Å². The highest BCUT2D eigenvalue weighted by Gasteiger charge is 2.30. The van der Waals surface area contributed by atoms with Crippen molar-refractivity contribution < 1.29 is 0 Å². The van der Waals surface area contributed by atoms with Gasteiger partial charge in [-0.15, -0.1) is 0 Å². The van der Waals surface area contributed by atoms with Gasteiger partial charge in [0.25, 0.3) is 0 Å². The highest BCUT2D eigenvalue weighted by atomic mass is 35.5. The van der Waals surface area contributed by atoms with Gasteiger partial charge in [-0.1, -0.05) is 35.4 Å². The third-order valence-corrected chi connectivity index (χ3v) is 4.88. The Morgan fingerprint density at radius 3 is 2.67 bits per heavy atom. The quantitative estimate of drug-likeness (QED) is 0.550. The van der Waals surface area contributed by atoms with Gasteiger partial charge in [-0.2, -0.15) is 10.2 Å². The number of hydrogen-bond acceptors (Lipinski definition) is 4. The molecule has 2 aromatic carbocycles. The van der Waals surface area contributed by atoms with Crippen molar-refractivity contribution >= 4 is 51.7 Å². The van der Waals surface area contributed by atoms with Crippen molar-refractivity contribution in [2.45, 2.75) is 33.7 Å². The molecular weight excluding hydrogens is 378 g/mol. The first-order chi connectivity index (χ1) is 12.8. The van der Waals surface area contributed by atoms with E-state index in [1.165, 1.54) is 5.56 Å². The number of anilines is 2. The van der Waals surface area contributed by atoms with E-state index in [-0.39, 0.29) is 6.04 Å². The summed E-state index contributed by atoms with van der Waals surface area (Å²) in [4.78, 5) is 0. The van der Waals surface area contributed by atoms with Gasteiger partial charge in [-0.05, 0) is 69.7 Å². The van der Waals surface area contributed by atoms with Crippen LogP contribution < -0.4 is 10.7 Å². The molecule has 1 heterocycles. The molecule has 0 amide bonds. The molecule has 0 saturated heterocycles. The number of nitrogens with one attached hydrogen (secondary N) is 2. The molecule has 2 aromatic rings. The lowest BCUT2D eigenvalue weighted by molar-refractivity contribution is 0.441. The maximum Gasteiger partial charge on any atom is 0.194 e. The van der Waals surface area contributed by atoms with Crippen molar-refractivity contribution in [3.63, 3.8) is 0 Å². The molecule has 0 aromatic heterocycles. The smallest absolute Gasteiger partial charge is 0.194 e. The summed E-state index contributed by atoms with van der Waals surface area (Å²) < 4.78 is 0. The molecular formula is C20H22ClN5S. The summed E-state index contributed by atoms with van der Waals surface area (Å²) in [6, 6.07) is 13.6. The Hall–Kier alpha value is -2.44. The Balaban J connectivity index is 1.73. The van der Waals surface area contributed by atoms with Crippen molar-refractivity contribution in [1.29, 1.82) is 0 Å². The number of thiocarbonyl (C=S) groups is 1. The number of aryl methyl sites for hydroxylation is 2. The van der Waals surface area contributed by atoms with Gasteiger partial charge in [0.1, 0.15) is 5.71 Å². The Morgan fingerprint density at radius 1 is 1.19 bits per heavy atom. The van der Waals surface area contributed by atoms with Gasteiger partial charge < -0.3 is 5.32 Å². The molecule has 5 nitrogen and oxygen atoms in total. The minimum absolute atomic E-state index is 0.0811. The Morgan fingerprint density at radius 2 is 1.96 bits per heavy atom. The van der Waals surface area contributed by atoms with Crippen molar-refractivity contribution in [3.05, 3.63) is 58.6 Å². The highest BCUT2D eigenvalue weighted by Crippen LogP contribution is 2.20. The lowest BCUT2D eigenvalue weighted by atomic mass is 10.1. The average Bonchev–Trinajstić information content (AvgIpc) is 2.90. The van der Waals surface area contributed by atoms with E-state index in [1.807, 2.05) is 44.2 Å². The largest absolute Gasteiger partial charge is 0.331 e. The van der Waals surface area contributed by atoms with Gasteiger partial charge >= 0.3 is 0 Å². The van der Waals surface area contributed by atoms with Crippen molar-refractivity contribution in [2.24, 2.45) is 10.2 Å². The van der Waals surface area contributed by atoms with Crippen LogP contribution in [0.1, 0.15) is 25.0 Å². The van der Waals surface area contributed by atoms with Crippen molar-refractivity contribution in [1.82, 2.24) is 5.01 Å². The zero-order chi connectivity index (χ0) is 19.6. The maximum absolute atomic E-state index is 6.02. The number of hydrogen-bond donors (Lipinski definition) is 2. The van der Waals surface area contributed by atoms with E-state index in [9.17, 15) is 0 Å². The van der Waals surface area contributed by atoms with E-state index in [2.05, 4.69) is 46.9 Å². The molecule has 1 atom stereocenters. The van der Waals surface area contributed by atoms with Gasteiger partial charge in [-0.3, -0.25) is 5.43 Å². The third kappa shape index (κ3) is 4.46. The second-order valence-electron chi connectivity index (χ2n) is 6.57. The number of hydrazone groups is 2. The first-order valence-corrected chi connectivity index (χ1v) is 9.46. The summed E-state index contributed by atoms with van der Waals surface area (Å²) >= 11 is 11.6. The van der Waals surface area contributed by atoms with Crippen LogP contribution in [0.15, 0.2) is 52.7 Å². The lowest BCUT2D eigenvalue weighted by Crippen LogP contribution is -2.38. The summed E-state index contributed by atoms with van der Waals surface area (Å²) in [7, 11) is 0. The zero-order valence-corrected chi connectivity index (χ0v) is 17.3. The van der Waals surface area contributed by atoms with Gasteiger partial charge in [0.05, 0.1) is 17.4 Å². The topological polar surface area (TPSA) is 52.0 Å². The predicted octanol–water partition coefficient (Wildman–Crippen LogP) is 5.20. The highest BCUT2D eigenvalue weighted by molar-refractivity contribution is 7.80. The van der Waals surface area contributed by atoms with Crippen LogP contribution in [0.2, 0.25) is 5.02 Å². The Labute approximate surface area is 170 Å². The molecule has 140 valence electrons. The van der Waals surface area contributed by atoms with E-state index in [1.54, 1.807) is 5.01 Å². The lowest BCUT2D eigenvalue weighted by Gasteiger charge is -2.22. The van der Waals surface area contributed by atoms with Crippen LogP contribution in [-0.2, 0) is 0 Å². The molecule has 0 radical (unpaired) electrons. The Bertz CT molecular complexity index is 938. The molecule has 0 fully saturated rings. The molecule has 1 unspecified atom stereocenters. The molecule has 1 aliphatic rings. The van der Waals surface area contributed by atoms with Gasteiger partial charge in [0, 0.05) is 10.7 Å². The SMILES string of the molecule is CC1=NN(C(=S)Nc2ccc(C)cc2C)C(C)/C1=N/Nc1cccc(Cl)c1. The van der Waals surface area contributed by atoms with E-state index < -0.39 is 0 Å². The van der Waals surface area contributed by atoms with Gasteiger partial charge in [-0.25, -0.2) is 5.01 Å². The van der Waals surface area contributed by atoms with Crippen LogP contribution >= 0.6 is 23.8 Å².